The third kappa shape index (κ3) is 3.01. The average molecular weight is 236 g/mol. The second kappa shape index (κ2) is 4.97. The van der Waals surface area contributed by atoms with Crippen molar-refractivity contribution in [1.29, 1.82) is 0 Å². The van der Waals surface area contributed by atoms with E-state index < -0.39 is 0 Å². The molecule has 1 N–H and O–H groups in total. The summed E-state index contributed by atoms with van der Waals surface area (Å²) in [4.78, 5) is 13.9. The summed E-state index contributed by atoms with van der Waals surface area (Å²) in [5.74, 6) is 3.16. The highest BCUT2D eigenvalue weighted by Gasteiger charge is 2.40. The van der Waals surface area contributed by atoms with Crippen LogP contribution in [0.2, 0.25) is 0 Å². The lowest BCUT2D eigenvalue weighted by atomic mass is 9.98. The standard InChI is InChI=1S/C14H24N2O/c17-14(16-7-1-2-8-16)10-15-9-13(11-3-4-11)12-5-6-12/h11-13,15H,1-10H2. The van der Waals surface area contributed by atoms with Crippen LogP contribution in [-0.2, 0) is 4.79 Å². The van der Waals surface area contributed by atoms with Gasteiger partial charge < -0.3 is 10.2 Å². The van der Waals surface area contributed by atoms with Gasteiger partial charge in [-0.05, 0) is 62.8 Å². The van der Waals surface area contributed by atoms with Crippen LogP contribution in [-0.4, -0.2) is 37.0 Å². The zero-order chi connectivity index (χ0) is 11.7. The SMILES string of the molecule is O=C(CNCC(C1CC1)C1CC1)N1CCCC1. The maximum absolute atomic E-state index is 11.9. The van der Waals surface area contributed by atoms with Crippen molar-refractivity contribution in [1.82, 2.24) is 10.2 Å². The van der Waals surface area contributed by atoms with E-state index in [-0.39, 0.29) is 0 Å². The lowest BCUT2D eigenvalue weighted by Gasteiger charge is -2.19. The molecule has 0 radical (unpaired) electrons. The van der Waals surface area contributed by atoms with Gasteiger partial charge in [0.1, 0.15) is 0 Å². The normalized spacial score (nSPS) is 24.6. The second-order valence-electron chi connectivity index (χ2n) is 6.06. The van der Waals surface area contributed by atoms with Gasteiger partial charge in [0.05, 0.1) is 6.54 Å². The van der Waals surface area contributed by atoms with E-state index in [4.69, 9.17) is 0 Å². The van der Waals surface area contributed by atoms with Crippen LogP contribution in [0.5, 0.6) is 0 Å². The number of nitrogens with zero attached hydrogens (tertiary/aromatic N) is 1. The minimum absolute atomic E-state index is 0.313. The van der Waals surface area contributed by atoms with E-state index in [2.05, 4.69) is 5.32 Å². The number of rotatable bonds is 6. The Hall–Kier alpha value is -0.570. The maximum atomic E-state index is 11.9. The van der Waals surface area contributed by atoms with Crippen molar-refractivity contribution in [2.75, 3.05) is 26.2 Å². The van der Waals surface area contributed by atoms with Crippen LogP contribution in [0.1, 0.15) is 38.5 Å². The smallest absolute Gasteiger partial charge is 0.236 e. The van der Waals surface area contributed by atoms with Crippen LogP contribution < -0.4 is 5.32 Å². The molecule has 17 heavy (non-hydrogen) atoms. The van der Waals surface area contributed by atoms with Crippen molar-refractivity contribution in [2.45, 2.75) is 38.5 Å². The summed E-state index contributed by atoms with van der Waals surface area (Å²) >= 11 is 0. The summed E-state index contributed by atoms with van der Waals surface area (Å²) < 4.78 is 0. The molecule has 0 spiro atoms. The van der Waals surface area contributed by atoms with Crippen LogP contribution in [0.4, 0.5) is 0 Å². The number of hydrogen-bond donors (Lipinski definition) is 1. The molecule has 3 fully saturated rings. The van der Waals surface area contributed by atoms with Crippen molar-refractivity contribution in [3.63, 3.8) is 0 Å². The van der Waals surface area contributed by atoms with Gasteiger partial charge in [0.15, 0.2) is 0 Å². The third-order valence-electron chi connectivity index (χ3n) is 4.57. The molecule has 1 aliphatic heterocycles. The topological polar surface area (TPSA) is 32.3 Å². The Labute approximate surface area is 104 Å². The van der Waals surface area contributed by atoms with Crippen LogP contribution in [0.25, 0.3) is 0 Å². The van der Waals surface area contributed by atoms with Gasteiger partial charge in [-0.3, -0.25) is 4.79 Å². The molecule has 2 saturated carbocycles. The first-order valence-corrected chi connectivity index (χ1v) is 7.33. The van der Waals surface area contributed by atoms with Crippen LogP contribution in [0.3, 0.4) is 0 Å². The van der Waals surface area contributed by atoms with Gasteiger partial charge in [-0.1, -0.05) is 0 Å². The zero-order valence-corrected chi connectivity index (χ0v) is 10.7. The number of carbonyl (C=O) groups is 1. The Morgan fingerprint density at radius 2 is 1.71 bits per heavy atom. The molecular weight excluding hydrogens is 212 g/mol. The van der Waals surface area contributed by atoms with Gasteiger partial charge in [0.2, 0.25) is 5.91 Å². The zero-order valence-electron chi connectivity index (χ0n) is 10.7. The number of likely N-dealkylation sites (tertiary alicyclic amines) is 1. The van der Waals surface area contributed by atoms with Gasteiger partial charge in [0, 0.05) is 13.1 Å². The fourth-order valence-electron chi connectivity index (χ4n) is 3.19. The molecule has 0 bridgehead atoms. The molecular formula is C14H24N2O. The molecule has 0 aromatic heterocycles. The first-order valence-electron chi connectivity index (χ1n) is 7.33. The Bertz CT molecular complexity index is 266. The first-order chi connectivity index (χ1) is 8.34. The summed E-state index contributed by atoms with van der Waals surface area (Å²) in [7, 11) is 0. The first kappa shape index (κ1) is 11.5. The Morgan fingerprint density at radius 3 is 2.24 bits per heavy atom. The van der Waals surface area contributed by atoms with Crippen LogP contribution in [0, 0.1) is 17.8 Å². The fourth-order valence-corrected chi connectivity index (χ4v) is 3.19. The molecule has 0 aromatic rings. The van der Waals surface area contributed by atoms with Gasteiger partial charge in [-0.15, -0.1) is 0 Å². The Kier molecular flexibility index (Phi) is 3.37. The van der Waals surface area contributed by atoms with Gasteiger partial charge >= 0.3 is 0 Å². The lowest BCUT2D eigenvalue weighted by molar-refractivity contribution is -0.129. The predicted molar refractivity (Wildman–Crippen MR) is 67.6 cm³/mol. The number of nitrogens with one attached hydrogen (secondary N) is 1. The highest BCUT2D eigenvalue weighted by Crippen LogP contribution is 2.48. The minimum atomic E-state index is 0.313. The van der Waals surface area contributed by atoms with Crippen molar-refractivity contribution in [3.05, 3.63) is 0 Å². The molecule has 3 rings (SSSR count). The average Bonchev–Trinajstić information content (AvgIpc) is 3.25. The highest BCUT2D eigenvalue weighted by molar-refractivity contribution is 5.78. The molecule has 96 valence electrons. The van der Waals surface area contributed by atoms with E-state index in [1.54, 1.807) is 0 Å². The van der Waals surface area contributed by atoms with Crippen molar-refractivity contribution >= 4 is 5.91 Å². The van der Waals surface area contributed by atoms with Crippen molar-refractivity contribution < 1.29 is 4.79 Å². The second-order valence-corrected chi connectivity index (χ2v) is 6.06. The summed E-state index contributed by atoms with van der Waals surface area (Å²) in [5.41, 5.74) is 0. The van der Waals surface area contributed by atoms with Gasteiger partial charge in [-0.25, -0.2) is 0 Å². The van der Waals surface area contributed by atoms with E-state index in [0.29, 0.717) is 12.5 Å². The third-order valence-corrected chi connectivity index (χ3v) is 4.57. The van der Waals surface area contributed by atoms with E-state index in [9.17, 15) is 4.79 Å². The summed E-state index contributed by atoms with van der Waals surface area (Å²) in [6, 6.07) is 0. The number of amides is 1. The summed E-state index contributed by atoms with van der Waals surface area (Å²) in [5, 5.41) is 3.41. The van der Waals surface area contributed by atoms with E-state index in [0.717, 1.165) is 37.4 Å². The van der Waals surface area contributed by atoms with E-state index in [1.807, 2.05) is 4.90 Å². The maximum Gasteiger partial charge on any atom is 0.236 e. The molecule has 1 amide bonds. The minimum Gasteiger partial charge on any atom is -0.342 e. The molecule has 3 nitrogen and oxygen atoms in total. The predicted octanol–water partition coefficient (Wildman–Crippen LogP) is 1.63. The molecule has 0 aromatic carbocycles. The van der Waals surface area contributed by atoms with Crippen LogP contribution in [0.15, 0.2) is 0 Å². The number of carbonyl (C=O) groups excluding carboxylic acids is 1. The Morgan fingerprint density at radius 1 is 1.12 bits per heavy atom. The van der Waals surface area contributed by atoms with E-state index in [1.165, 1.54) is 38.5 Å². The van der Waals surface area contributed by atoms with Gasteiger partial charge in [0.25, 0.3) is 0 Å². The number of hydrogen-bond acceptors (Lipinski definition) is 2. The van der Waals surface area contributed by atoms with Crippen molar-refractivity contribution in [2.24, 2.45) is 17.8 Å². The van der Waals surface area contributed by atoms with Crippen molar-refractivity contribution in [3.8, 4) is 0 Å². The molecule has 0 atom stereocenters. The molecule has 1 saturated heterocycles. The van der Waals surface area contributed by atoms with E-state index >= 15 is 0 Å². The molecule has 1 heterocycles. The molecule has 0 unspecified atom stereocenters. The molecule has 3 heteroatoms. The molecule has 3 aliphatic rings. The monoisotopic (exact) mass is 236 g/mol. The highest BCUT2D eigenvalue weighted by atomic mass is 16.2. The quantitative estimate of drug-likeness (QED) is 0.760. The summed E-state index contributed by atoms with van der Waals surface area (Å²) in [6.07, 6.45) is 8.12. The largest absolute Gasteiger partial charge is 0.342 e. The lowest BCUT2D eigenvalue weighted by Crippen LogP contribution is -2.38. The molecule has 2 aliphatic carbocycles. The fraction of sp³-hybridized carbons (Fsp3) is 0.929. The Balaban J connectivity index is 1.37. The van der Waals surface area contributed by atoms with Crippen LogP contribution >= 0.6 is 0 Å². The van der Waals surface area contributed by atoms with Gasteiger partial charge in [-0.2, -0.15) is 0 Å². The summed E-state index contributed by atoms with van der Waals surface area (Å²) in [6.45, 7) is 3.61.